The number of H-pyrrole nitrogens is 1. The molecule has 3 heteroatoms. The van der Waals surface area contributed by atoms with Crippen molar-refractivity contribution >= 4 is 0 Å². The van der Waals surface area contributed by atoms with E-state index in [-0.39, 0.29) is 1.43 Å². The number of benzene rings is 1. The first kappa shape index (κ1) is 10.7. The lowest BCUT2D eigenvalue weighted by Gasteiger charge is -1.96. The van der Waals surface area contributed by atoms with E-state index >= 15 is 0 Å². The number of pyridine rings is 1. The van der Waals surface area contributed by atoms with Crippen LogP contribution in [0.15, 0.2) is 60.9 Å². The maximum Gasteiger partial charge on any atom is 0.0924 e. The van der Waals surface area contributed by atoms with Gasteiger partial charge in [0.05, 0.1) is 5.69 Å². The van der Waals surface area contributed by atoms with Crippen LogP contribution in [0.5, 0.6) is 0 Å². The lowest BCUT2D eigenvalue weighted by molar-refractivity contribution is 0.998. The summed E-state index contributed by atoms with van der Waals surface area (Å²) in [6.07, 6.45) is 4.43. The van der Waals surface area contributed by atoms with Crippen molar-refractivity contribution in [2.75, 3.05) is 0 Å². The van der Waals surface area contributed by atoms with Crippen molar-refractivity contribution in [2.24, 2.45) is 0 Å². The van der Waals surface area contributed by atoms with Crippen LogP contribution < -0.4 is 0 Å². The number of nitrogens with zero attached hydrogens (tertiary/aromatic N) is 2. The van der Waals surface area contributed by atoms with Gasteiger partial charge in [-0.25, -0.2) is 0 Å². The lowest BCUT2D eigenvalue weighted by Crippen LogP contribution is -1.87. The smallest absolute Gasteiger partial charge is 0.0924 e. The third-order valence-electron chi connectivity index (χ3n) is 2.84. The molecule has 0 amide bonds. The van der Waals surface area contributed by atoms with Gasteiger partial charge in [0.2, 0.25) is 0 Å². The molecule has 0 fully saturated rings. The highest BCUT2D eigenvalue weighted by molar-refractivity contribution is 5.58. The van der Waals surface area contributed by atoms with Gasteiger partial charge in [0.25, 0.3) is 0 Å². The maximum absolute atomic E-state index is 4.33. The molecule has 2 heterocycles. The summed E-state index contributed by atoms with van der Waals surface area (Å²) in [6.45, 7) is 0. The van der Waals surface area contributed by atoms with E-state index in [4.69, 9.17) is 0 Å². The summed E-state index contributed by atoms with van der Waals surface area (Å²) in [6, 6.07) is 16.4. The van der Waals surface area contributed by atoms with Crippen LogP contribution in [0.1, 0.15) is 12.7 Å². The van der Waals surface area contributed by atoms with Gasteiger partial charge >= 0.3 is 0 Å². The van der Waals surface area contributed by atoms with Crippen molar-refractivity contribution < 1.29 is 1.43 Å². The van der Waals surface area contributed by atoms with Crippen molar-refractivity contribution in [3.05, 3.63) is 72.2 Å². The minimum atomic E-state index is 0. The average Bonchev–Trinajstić information content (AvgIpc) is 2.89. The molecule has 2 aromatic heterocycles. The Morgan fingerprint density at radius 2 is 1.78 bits per heavy atom. The standard InChI is InChI=1S/C15H13N3.H2/c1-2-4-12(5-3-1)10-14-11-15(18-17-14)13-6-8-16-9-7-13;/h1-9,11H,10H2,(H,17,18);1H. The van der Waals surface area contributed by atoms with E-state index in [9.17, 15) is 0 Å². The number of hydrogen-bond donors (Lipinski definition) is 1. The maximum atomic E-state index is 4.33. The van der Waals surface area contributed by atoms with Crippen LogP contribution >= 0.6 is 0 Å². The number of aromatic amines is 1. The first-order valence-electron chi connectivity index (χ1n) is 5.90. The molecule has 3 nitrogen and oxygen atoms in total. The predicted octanol–water partition coefficient (Wildman–Crippen LogP) is 3.31. The molecule has 1 aromatic carbocycles. The second-order valence-electron chi connectivity index (χ2n) is 4.18. The van der Waals surface area contributed by atoms with Crippen LogP contribution in [-0.2, 0) is 6.42 Å². The topological polar surface area (TPSA) is 41.6 Å². The number of nitrogens with one attached hydrogen (secondary N) is 1. The molecule has 18 heavy (non-hydrogen) atoms. The van der Waals surface area contributed by atoms with E-state index in [1.165, 1.54) is 5.56 Å². The quantitative estimate of drug-likeness (QED) is 0.759. The first-order chi connectivity index (χ1) is 8.92. The molecule has 0 saturated carbocycles. The van der Waals surface area contributed by atoms with E-state index in [2.05, 4.69) is 45.5 Å². The zero-order chi connectivity index (χ0) is 12.2. The van der Waals surface area contributed by atoms with E-state index in [0.29, 0.717) is 0 Å². The predicted molar refractivity (Wildman–Crippen MR) is 73.2 cm³/mol. The van der Waals surface area contributed by atoms with Gasteiger partial charge in [-0.15, -0.1) is 0 Å². The first-order valence-corrected chi connectivity index (χ1v) is 5.90. The van der Waals surface area contributed by atoms with Crippen LogP contribution in [0, 0.1) is 0 Å². The van der Waals surface area contributed by atoms with Crippen LogP contribution in [-0.4, -0.2) is 15.2 Å². The number of rotatable bonds is 3. The molecule has 0 saturated heterocycles. The Kier molecular flexibility index (Phi) is 2.88. The fraction of sp³-hybridized carbons (Fsp3) is 0.0667. The molecule has 1 N–H and O–H groups in total. The largest absolute Gasteiger partial charge is 0.282 e. The Hall–Kier alpha value is -2.42. The van der Waals surface area contributed by atoms with Crippen molar-refractivity contribution in [3.8, 4) is 11.3 Å². The van der Waals surface area contributed by atoms with Gasteiger partial charge in [-0.1, -0.05) is 30.3 Å². The summed E-state index contributed by atoms with van der Waals surface area (Å²) in [4.78, 5) is 4.01. The summed E-state index contributed by atoms with van der Waals surface area (Å²) in [5, 5.41) is 7.41. The molecule has 3 aromatic rings. The zero-order valence-electron chi connectivity index (χ0n) is 9.88. The normalized spacial score (nSPS) is 10.4. The lowest BCUT2D eigenvalue weighted by atomic mass is 10.1. The summed E-state index contributed by atoms with van der Waals surface area (Å²) >= 11 is 0. The molecule has 0 aliphatic rings. The third-order valence-corrected chi connectivity index (χ3v) is 2.84. The SMILES string of the molecule is [HH].c1ccc(Cc2cc(-c3ccncc3)n[nH]2)cc1. The van der Waals surface area contributed by atoms with Crippen molar-refractivity contribution in [3.63, 3.8) is 0 Å². The second-order valence-corrected chi connectivity index (χ2v) is 4.18. The highest BCUT2D eigenvalue weighted by Crippen LogP contribution is 2.17. The number of aromatic nitrogens is 3. The van der Waals surface area contributed by atoms with E-state index in [0.717, 1.165) is 23.4 Å². The molecule has 0 radical (unpaired) electrons. The van der Waals surface area contributed by atoms with Crippen LogP contribution in [0.25, 0.3) is 11.3 Å². The summed E-state index contributed by atoms with van der Waals surface area (Å²) in [5.41, 5.74) is 4.44. The summed E-state index contributed by atoms with van der Waals surface area (Å²) in [5.74, 6) is 0. The molecular weight excluding hydrogens is 222 g/mol. The molecule has 0 aliphatic heterocycles. The van der Waals surface area contributed by atoms with E-state index in [1.54, 1.807) is 12.4 Å². The summed E-state index contributed by atoms with van der Waals surface area (Å²) in [7, 11) is 0. The molecule has 90 valence electrons. The van der Waals surface area contributed by atoms with Crippen LogP contribution in [0.2, 0.25) is 0 Å². The number of hydrogen-bond acceptors (Lipinski definition) is 2. The molecule has 0 bridgehead atoms. The van der Waals surface area contributed by atoms with Crippen LogP contribution in [0.4, 0.5) is 0 Å². The average molecular weight is 237 g/mol. The monoisotopic (exact) mass is 237 g/mol. The van der Waals surface area contributed by atoms with Gasteiger partial charge < -0.3 is 0 Å². The van der Waals surface area contributed by atoms with E-state index in [1.807, 2.05) is 18.2 Å². The minimum Gasteiger partial charge on any atom is -0.282 e. The van der Waals surface area contributed by atoms with Crippen LogP contribution in [0.3, 0.4) is 0 Å². The Morgan fingerprint density at radius 1 is 1.00 bits per heavy atom. The third kappa shape index (κ3) is 2.30. The molecule has 0 atom stereocenters. The second kappa shape index (κ2) is 4.84. The van der Waals surface area contributed by atoms with Gasteiger partial charge in [0.1, 0.15) is 0 Å². The highest BCUT2D eigenvalue weighted by Gasteiger charge is 2.04. The Bertz CT molecular complexity index is 620. The fourth-order valence-electron chi connectivity index (χ4n) is 1.94. The van der Waals surface area contributed by atoms with Gasteiger partial charge in [-0.2, -0.15) is 5.10 Å². The Balaban J connectivity index is 0.00000133. The highest BCUT2D eigenvalue weighted by atomic mass is 15.1. The van der Waals surface area contributed by atoms with Gasteiger partial charge in [-0.3, -0.25) is 10.1 Å². The Labute approximate surface area is 107 Å². The molecule has 0 aliphatic carbocycles. The molecular formula is C15H15N3. The zero-order valence-corrected chi connectivity index (χ0v) is 9.88. The van der Waals surface area contributed by atoms with Gasteiger partial charge in [0.15, 0.2) is 0 Å². The Morgan fingerprint density at radius 3 is 2.56 bits per heavy atom. The van der Waals surface area contributed by atoms with Gasteiger partial charge in [0, 0.05) is 31.5 Å². The van der Waals surface area contributed by atoms with E-state index < -0.39 is 0 Å². The summed E-state index contributed by atoms with van der Waals surface area (Å²) < 4.78 is 0. The fourth-order valence-corrected chi connectivity index (χ4v) is 1.94. The van der Waals surface area contributed by atoms with Crippen molar-refractivity contribution in [1.82, 2.24) is 15.2 Å². The molecule has 0 unspecified atom stereocenters. The van der Waals surface area contributed by atoms with Crippen molar-refractivity contribution in [2.45, 2.75) is 6.42 Å². The van der Waals surface area contributed by atoms with Gasteiger partial charge in [-0.05, 0) is 23.8 Å². The molecule has 3 rings (SSSR count). The minimum absolute atomic E-state index is 0. The molecule has 0 spiro atoms. The van der Waals surface area contributed by atoms with Crippen molar-refractivity contribution in [1.29, 1.82) is 0 Å².